The second kappa shape index (κ2) is 6.91. The summed E-state index contributed by atoms with van der Waals surface area (Å²) in [7, 11) is 2.08. The third-order valence-electron chi connectivity index (χ3n) is 5.91. The van der Waals surface area contributed by atoms with E-state index in [0.717, 1.165) is 52.3 Å². The molecule has 142 valence electrons. The fourth-order valence-electron chi connectivity index (χ4n) is 4.52. The lowest BCUT2D eigenvalue weighted by atomic mass is 10.0. The first-order valence-corrected chi connectivity index (χ1v) is 9.99. The molecule has 1 fully saturated rings. The highest BCUT2D eigenvalue weighted by molar-refractivity contribution is 6.21. The van der Waals surface area contributed by atoms with Gasteiger partial charge >= 0.3 is 0 Å². The summed E-state index contributed by atoms with van der Waals surface area (Å²) < 4.78 is 2.20. The van der Waals surface area contributed by atoms with E-state index in [9.17, 15) is 4.79 Å². The third kappa shape index (κ3) is 2.74. The van der Waals surface area contributed by atoms with E-state index in [-0.39, 0.29) is 5.91 Å². The van der Waals surface area contributed by atoms with E-state index < -0.39 is 0 Å². The van der Waals surface area contributed by atoms with Crippen LogP contribution in [0.2, 0.25) is 0 Å². The molecule has 0 aliphatic carbocycles. The zero-order chi connectivity index (χ0) is 19.1. The van der Waals surface area contributed by atoms with Crippen LogP contribution < -0.4 is 5.32 Å². The Morgan fingerprint density at radius 3 is 2.71 bits per heavy atom. The van der Waals surface area contributed by atoms with Gasteiger partial charge in [-0.25, -0.2) is 0 Å². The molecule has 0 spiro atoms. The maximum Gasteiger partial charge on any atom is 0.253 e. The predicted molar refractivity (Wildman–Crippen MR) is 114 cm³/mol. The number of amides is 1. The fourth-order valence-corrected chi connectivity index (χ4v) is 4.52. The lowest BCUT2D eigenvalue weighted by molar-refractivity contribution is 0.0951. The van der Waals surface area contributed by atoms with Gasteiger partial charge in [-0.15, -0.1) is 0 Å². The number of nitrogens with one attached hydrogen (secondary N) is 1. The predicted octanol–water partition coefficient (Wildman–Crippen LogP) is 3.71. The SMILES string of the molecule is Cn1c2ccccc2c2cc(C(=O)NCCN3CCCC3)c3ncccc3c21. The van der Waals surface area contributed by atoms with Crippen molar-refractivity contribution in [2.24, 2.45) is 7.05 Å². The maximum absolute atomic E-state index is 13.0. The number of rotatable bonds is 4. The number of aryl methyl sites for hydroxylation is 1. The van der Waals surface area contributed by atoms with E-state index in [1.54, 1.807) is 6.20 Å². The molecular formula is C23H24N4O. The number of pyridine rings is 1. The smallest absolute Gasteiger partial charge is 0.253 e. The van der Waals surface area contributed by atoms with Crippen molar-refractivity contribution in [3.05, 3.63) is 54.2 Å². The van der Waals surface area contributed by atoms with Crippen LogP contribution in [0.5, 0.6) is 0 Å². The van der Waals surface area contributed by atoms with Gasteiger partial charge in [-0.2, -0.15) is 0 Å². The number of likely N-dealkylation sites (tertiary alicyclic amines) is 1. The number of carbonyl (C=O) groups excluding carboxylic acids is 1. The number of aromatic nitrogens is 2. The Bertz CT molecular complexity index is 1190. The molecular weight excluding hydrogens is 348 g/mol. The van der Waals surface area contributed by atoms with Crippen LogP contribution in [-0.2, 0) is 7.05 Å². The average Bonchev–Trinajstić information content (AvgIpc) is 3.34. The minimum absolute atomic E-state index is 0.0438. The lowest BCUT2D eigenvalue weighted by Gasteiger charge is -2.15. The second-order valence-electron chi connectivity index (χ2n) is 7.60. The molecule has 1 aliphatic heterocycles. The molecule has 4 aromatic rings. The monoisotopic (exact) mass is 372 g/mol. The van der Waals surface area contributed by atoms with Crippen LogP contribution in [0.4, 0.5) is 0 Å². The summed E-state index contributed by atoms with van der Waals surface area (Å²) in [5.74, 6) is -0.0438. The molecule has 1 amide bonds. The Hall–Kier alpha value is -2.92. The van der Waals surface area contributed by atoms with Crippen molar-refractivity contribution in [3.63, 3.8) is 0 Å². The van der Waals surface area contributed by atoms with Crippen LogP contribution in [0, 0.1) is 0 Å². The Kier molecular flexibility index (Phi) is 4.24. The highest BCUT2D eigenvalue weighted by atomic mass is 16.1. The van der Waals surface area contributed by atoms with Crippen molar-refractivity contribution in [1.29, 1.82) is 0 Å². The van der Waals surface area contributed by atoms with Gasteiger partial charge in [0.1, 0.15) is 0 Å². The first-order chi connectivity index (χ1) is 13.7. The van der Waals surface area contributed by atoms with Crippen molar-refractivity contribution >= 4 is 38.6 Å². The van der Waals surface area contributed by atoms with E-state index in [1.807, 2.05) is 24.3 Å². The van der Waals surface area contributed by atoms with Crippen molar-refractivity contribution in [3.8, 4) is 0 Å². The standard InChI is InChI=1S/C23H24N4O/c1-26-20-9-3-2-7-16(20)18-15-19(21-17(22(18)26)8-6-10-24-21)23(28)25-11-14-27-12-4-5-13-27/h2-3,6-10,15H,4-5,11-14H2,1H3,(H,25,28). The molecule has 0 radical (unpaired) electrons. The van der Waals surface area contributed by atoms with Gasteiger partial charge in [0.05, 0.1) is 16.6 Å². The number of carbonyl (C=O) groups is 1. The lowest BCUT2D eigenvalue weighted by Crippen LogP contribution is -2.33. The van der Waals surface area contributed by atoms with E-state index in [1.165, 1.54) is 12.8 Å². The summed E-state index contributed by atoms with van der Waals surface area (Å²) in [6.45, 7) is 3.86. The van der Waals surface area contributed by atoms with Gasteiger partial charge in [0.2, 0.25) is 0 Å². The van der Waals surface area contributed by atoms with Gasteiger partial charge in [0.15, 0.2) is 0 Å². The van der Waals surface area contributed by atoms with Crippen molar-refractivity contribution in [2.75, 3.05) is 26.2 Å². The first kappa shape index (κ1) is 17.2. The molecule has 0 saturated carbocycles. The first-order valence-electron chi connectivity index (χ1n) is 9.99. The molecule has 2 aromatic carbocycles. The summed E-state index contributed by atoms with van der Waals surface area (Å²) in [4.78, 5) is 20.0. The fraction of sp³-hybridized carbons (Fsp3) is 0.304. The topological polar surface area (TPSA) is 50.2 Å². The highest BCUT2D eigenvalue weighted by Gasteiger charge is 2.19. The van der Waals surface area contributed by atoms with Crippen LogP contribution in [0.25, 0.3) is 32.7 Å². The summed E-state index contributed by atoms with van der Waals surface area (Å²) in [6.07, 6.45) is 4.29. The number of hydrogen-bond donors (Lipinski definition) is 1. The molecule has 5 rings (SSSR count). The number of para-hydroxylation sites is 1. The van der Waals surface area contributed by atoms with Crippen molar-refractivity contribution < 1.29 is 4.79 Å². The molecule has 3 heterocycles. The van der Waals surface area contributed by atoms with Gasteiger partial charge in [-0.3, -0.25) is 9.78 Å². The largest absolute Gasteiger partial charge is 0.351 e. The summed E-state index contributed by atoms with van der Waals surface area (Å²) in [5, 5.41) is 6.39. The molecule has 2 aromatic heterocycles. The van der Waals surface area contributed by atoms with Crippen LogP contribution in [-0.4, -0.2) is 46.5 Å². The van der Waals surface area contributed by atoms with E-state index in [0.29, 0.717) is 12.1 Å². The van der Waals surface area contributed by atoms with Gasteiger partial charge in [0, 0.05) is 48.0 Å². The molecule has 5 heteroatoms. The van der Waals surface area contributed by atoms with Gasteiger partial charge < -0.3 is 14.8 Å². The third-order valence-corrected chi connectivity index (χ3v) is 5.91. The molecule has 5 nitrogen and oxygen atoms in total. The molecule has 1 aliphatic rings. The molecule has 0 bridgehead atoms. The van der Waals surface area contributed by atoms with Crippen LogP contribution in [0.3, 0.4) is 0 Å². The number of benzene rings is 2. The molecule has 0 atom stereocenters. The van der Waals surface area contributed by atoms with Gasteiger partial charge in [-0.05, 0) is 50.2 Å². The van der Waals surface area contributed by atoms with E-state index in [4.69, 9.17) is 0 Å². The molecule has 1 saturated heterocycles. The summed E-state index contributed by atoms with van der Waals surface area (Å²) >= 11 is 0. The zero-order valence-corrected chi connectivity index (χ0v) is 16.1. The van der Waals surface area contributed by atoms with Gasteiger partial charge in [0.25, 0.3) is 5.91 Å². The number of nitrogens with zero attached hydrogens (tertiary/aromatic N) is 3. The number of hydrogen-bond acceptors (Lipinski definition) is 3. The number of fused-ring (bicyclic) bond motifs is 5. The van der Waals surface area contributed by atoms with Crippen LogP contribution >= 0.6 is 0 Å². The maximum atomic E-state index is 13.0. The Morgan fingerprint density at radius 1 is 1.07 bits per heavy atom. The van der Waals surface area contributed by atoms with Crippen molar-refractivity contribution in [2.45, 2.75) is 12.8 Å². The van der Waals surface area contributed by atoms with E-state index >= 15 is 0 Å². The zero-order valence-electron chi connectivity index (χ0n) is 16.1. The molecule has 28 heavy (non-hydrogen) atoms. The quantitative estimate of drug-likeness (QED) is 0.594. The van der Waals surface area contributed by atoms with Gasteiger partial charge in [-0.1, -0.05) is 18.2 Å². The summed E-state index contributed by atoms with van der Waals surface area (Å²) in [6, 6.07) is 14.3. The molecule has 1 N–H and O–H groups in total. The Balaban J connectivity index is 1.59. The van der Waals surface area contributed by atoms with Crippen LogP contribution in [0.1, 0.15) is 23.2 Å². The Morgan fingerprint density at radius 2 is 1.86 bits per heavy atom. The second-order valence-corrected chi connectivity index (χ2v) is 7.60. The van der Waals surface area contributed by atoms with E-state index in [2.05, 4.69) is 45.0 Å². The average molecular weight is 372 g/mol. The highest BCUT2D eigenvalue weighted by Crippen LogP contribution is 2.34. The Labute approximate surface area is 164 Å². The normalized spacial score (nSPS) is 15.0. The summed E-state index contributed by atoms with van der Waals surface area (Å²) in [5.41, 5.74) is 3.70. The minimum Gasteiger partial charge on any atom is -0.351 e. The van der Waals surface area contributed by atoms with Crippen molar-refractivity contribution in [1.82, 2.24) is 19.8 Å². The molecule has 0 unspecified atom stereocenters. The van der Waals surface area contributed by atoms with Crippen LogP contribution in [0.15, 0.2) is 48.7 Å². The minimum atomic E-state index is -0.0438.